The van der Waals surface area contributed by atoms with Crippen LogP contribution in [-0.2, 0) is 12.8 Å². The van der Waals surface area contributed by atoms with E-state index in [9.17, 15) is 9.59 Å². The molecule has 2 aromatic heterocycles. The van der Waals surface area contributed by atoms with E-state index in [1.807, 2.05) is 23.5 Å². The van der Waals surface area contributed by atoms with Crippen LogP contribution in [0.4, 0.5) is 0 Å². The Morgan fingerprint density at radius 1 is 1.26 bits per heavy atom. The number of pyridine rings is 1. The van der Waals surface area contributed by atoms with Gasteiger partial charge in [-0.05, 0) is 82.2 Å². The monoisotopic (exact) mass is 491 g/mol. The number of ether oxygens (including phenoxy) is 1. The molecule has 2 fully saturated rings. The highest BCUT2D eigenvalue weighted by Gasteiger charge is 2.29. The van der Waals surface area contributed by atoms with Gasteiger partial charge in [-0.25, -0.2) is 0 Å². The van der Waals surface area contributed by atoms with Gasteiger partial charge >= 0.3 is 0 Å². The molecule has 0 bridgehead atoms. The van der Waals surface area contributed by atoms with Gasteiger partial charge in [0, 0.05) is 46.2 Å². The number of ketones is 1. The van der Waals surface area contributed by atoms with Crippen molar-refractivity contribution in [3.05, 3.63) is 50.6 Å². The van der Waals surface area contributed by atoms with E-state index >= 15 is 0 Å². The molecule has 1 saturated heterocycles. The summed E-state index contributed by atoms with van der Waals surface area (Å²) >= 11 is 1.85. The lowest BCUT2D eigenvalue weighted by atomic mass is 9.93. The van der Waals surface area contributed by atoms with Gasteiger partial charge in [0.05, 0.1) is 23.6 Å². The molecule has 7 heteroatoms. The normalized spacial score (nSPS) is 21.9. The molecular formula is C28H33N3O3S. The molecule has 6 rings (SSSR count). The quantitative estimate of drug-likeness (QED) is 0.477. The molecule has 2 unspecified atom stereocenters. The van der Waals surface area contributed by atoms with Crippen molar-refractivity contribution in [3.8, 4) is 16.2 Å². The lowest BCUT2D eigenvalue weighted by molar-refractivity contribution is 0.101. The van der Waals surface area contributed by atoms with Crippen LogP contribution in [0.5, 0.6) is 5.75 Å². The number of carbonyl (C=O) groups is 1. The molecule has 1 aliphatic heterocycles. The van der Waals surface area contributed by atoms with Crippen molar-refractivity contribution in [1.29, 1.82) is 0 Å². The standard InChI is InChI=1S/C28H33N3O3S/c1-16(32)23-15-31(20-6-7-20)26-22(27(23)33)9-8-21(28(26)34-2)25-13-17-12-18(5-10-24(17)35-25)30-14-19-4-3-11-29-19/h8-9,13,15,18-20,29-30H,3-7,10-12,14H2,1-2H3. The summed E-state index contributed by atoms with van der Waals surface area (Å²) in [6.07, 6.45) is 9.75. The molecular weight excluding hydrogens is 458 g/mol. The number of carbonyl (C=O) groups excluding carboxylic acids is 1. The molecule has 6 nitrogen and oxygen atoms in total. The highest BCUT2D eigenvalue weighted by molar-refractivity contribution is 7.15. The first kappa shape index (κ1) is 23.0. The summed E-state index contributed by atoms with van der Waals surface area (Å²) in [5, 5.41) is 7.95. The number of hydrogen-bond acceptors (Lipinski definition) is 6. The topological polar surface area (TPSA) is 72.4 Å². The second-order valence-corrected chi connectivity index (χ2v) is 11.4. The first-order valence-corrected chi connectivity index (χ1v) is 13.7. The molecule has 0 radical (unpaired) electrons. The minimum absolute atomic E-state index is 0.188. The van der Waals surface area contributed by atoms with Crippen molar-refractivity contribution in [2.24, 2.45) is 0 Å². The van der Waals surface area contributed by atoms with Gasteiger partial charge < -0.3 is 19.9 Å². The third-order valence-corrected chi connectivity index (χ3v) is 9.10. The van der Waals surface area contributed by atoms with E-state index in [1.165, 1.54) is 41.5 Å². The highest BCUT2D eigenvalue weighted by atomic mass is 32.1. The van der Waals surface area contributed by atoms with Crippen LogP contribution >= 0.6 is 11.3 Å². The van der Waals surface area contributed by atoms with Gasteiger partial charge in [0.2, 0.25) is 0 Å². The van der Waals surface area contributed by atoms with E-state index in [0.29, 0.717) is 23.5 Å². The number of fused-ring (bicyclic) bond motifs is 2. The van der Waals surface area contributed by atoms with Gasteiger partial charge in [-0.2, -0.15) is 0 Å². The Morgan fingerprint density at radius 3 is 2.83 bits per heavy atom. The van der Waals surface area contributed by atoms with Crippen LogP contribution in [0.3, 0.4) is 0 Å². The van der Waals surface area contributed by atoms with Gasteiger partial charge in [-0.1, -0.05) is 0 Å². The van der Waals surface area contributed by atoms with Gasteiger partial charge in [-0.15, -0.1) is 11.3 Å². The lowest BCUT2D eigenvalue weighted by Crippen LogP contribution is -2.41. The molecule has 2 atom stereocenters. The summed E-state index contributed by atoms with van der Waals surface area (Å²) in [6, 6.07) is 7.67. The molecule has 3 aromatic rings. The largest absolute Gasteiger partial charge is 0.494 e. The Morgan fingerprint density at radius 2 is 2.11 bits per heavy atom. The average molecular weight is 492 g/mol. The Bertz CT molecular complexity index is 1350. The predicted octanol–water partition coefficient (Wildman–Crippen LogP) is 4.48. The van der Waals surface area contributed by atoms with Gasteiger partial charge in [0.15, 0.2) is 17.0 Å². The summed E-state index contributed by atoms with van der Waals surface area (Å²) in [5.41, 5.74) is 3.34. The minimum atomic E-state index is -0.203. The molecule has 3 heterocycles. The van der Waals surface area contributed by atoms with Crippen LogP contribution in [0.1, 0.15) is 65.9 Å². The number of nitrogens with zero attached hydrogens (tertiary/aromatic N) is 1. The summed E-state index contributed by atoms with van der Waals surface area (Å²) < 4.78 is 8.09. The number of Topliss-reactive ketones (excluding diaryl/α,β-unsaturated/α-hetero) is 1. The molecule has 2 N–H and O–H groups in total. The van der Waals surface area contributed by atoms with Crippen molar-refractivity contribution < 1.29 is 9.53 Å². The molecule has 35 heavy (non-hydrogen) atoms. The Balaban J connectivity index is 1.36. The Hall–Kier alpha value is -2.48. The van der Waals surface area contributed by atoms with Crippen molar-refractivity contribution in [2.45, 2.75) is 70.0 Å². The van der Waals surface area contributed by atoms with Crippen LogP contribution in [-0.4, -0.2) is 42.6 Å². The molecule has 0 amide bonds. The van der Waals surface area contributed by atoms with E-state index in [-0.39, 0.29) is 16.8 Å². The Kier molecular flexibility index (Phi) is 6.03. The van der Waals surface area contributed by atoms with Crippen molar-refractivity contribution >= 4 is 28.0 Å². The fraction of sp³-hybridized carbons (Fsp3) is 0.500. The molecule has 3 aliphatic rings. The third kappa shape index (κ3) is 4.24. The summed E-state index contributed by atoms with van der Waals surface area (Å²) in [7, 11) is 1.68. The fourth-order valence-electron chi connectivity index (χ4n) is 5.78. The first-order valence-electron chi connectivity index (χ1n) is 12.9. The van der Waals surface area contributed by atoms with Crippen LogP contribution < -0.4 is 20.8 Å². The average Bonchev–Trinajstić information content (AvgIpc) is 3.39. The number of hydrogen-bond donors (Lipinski definition) is 2. The maximum absolute atomic E-state index is 13.1. The summed E-state index contributed by atoms with van der Waals surface area (Å²) in [5.74, 6) is 0.550. The molecule has 0 spiro atoms. The highest BCUT2D eigenvalue weighted by Crippen LogP contribution is 2.45. The smallest absolute Gasteiger partial charge is 0.200 e. The number of methoxy groups -OCH3 is 1. The van der Waals surface area contributed by atoms with E-state index in [4.69, 9.17) is 4.74 Å². The van der Waals surface area contributed by atoms with E-state index in [1.54, 1.807) is 13.3 Å². The zero-order valence-corrected chi connectivity index (χ0v) is 21.3. The summed E-state index contributed by atoms with van der Waals surface area (Å²) in [6.45, 7) is 3.66. The maximum Gasteiger partial charge on any atom is 0.200 e. The second-order valence-electron chi connectivity index (χ2n) is 10.3. The summed E-state index contributed by atoms with van der Waals surface area (Å²) in [4.78, 5) is 27.9. The number of thiophene rings is 1. The van der Waals surface area contributed by atoms with Crippen LogP contribution in [0.15, 0.2) is 29.2 Å². The van der Waals surface area contributed by atoms with Crippen LogP contribution in [0.2, 0.25) is 0 Å². The minimum Gasteiger partial charge on any atom is -0.494 e. The van der Waals surface area contributed by atoms with Crippen molar-refractivity contribution in [1.82, 2.24) is 15.2 Å². The SMILES string of the molecule is COc1c(-c2cc3c(s2)CCC(NCC2CCCN2)C3)ccc2c(=O)c(C(C)=O)cn(C3CC3)c12. The second kappa shape index (κ2) is 9.19. The number of aromatic nitrogens is 1. The van der Waals surface area contributed by atoms with Crippen LogP contribution in [0, 0.1) is 0 Å². The molecule has 1 aromatic carbocycles. The maximum atomic E-state index is 13.1. The van der Waals surface area contributed by atoms with E-state index in [0.717, 1.165) is 55.6 Å². The van der Waals surface area contributed by atoms with Gasteiger partial charge in [-0.3, -0.25) is 9.59 Å². The molecule has 2 aliphatic carbocycles. The fourth-order valence-corrected chi connectivity index (χ4v) is 7.01. The van der Waals surface area contributed by atoms with Crippen LogP contribution in [0.25, 0.3) is 21.3 Å². The predicted molar refractivity (Wildman–Crippen MR) is 141 cm³/mol. The number of aryl methyl sites for hydroxylation is 1. The Labute approximate surface area is 209 Å². The first-order chi connectivity index (χ1) is 17.0. The lowest BCUT2D eigenvalue weighted by Gasteiger charge is -2.25. The van der Waals surface area contributed by atoms with E-state index < -0.39 is 0 Å². The van der Waals surface area contributed by atoms with E-state index in [2.05, 4.69) is 21.3 Å². The number of benzene rings is 1. The number of rotatable bonds is 7. The number of nitrogens with one attached hydrogen (secondary N) is 2. The molecule has 184 valence electrons. The van der Waals surface area contributed by atoms with Gasteiger partial charge in [0.25, 0.3) is 0 Å². The molecule has 1 saturated carbocycles. The zero-order chi connectivity index (χ0) is 24.1. The van der Waals surface area contributed by atoms with Gasteiger partial charge in [0.1, 0.15) is 0 Å². The zero-order valence-electron chi connectivity index (χ0n) is 20.5. The van der Waals surface area contributed by atoms with Crippen molar-refractivity contribution in [3.63, 3.8) is 0 Å². The third-order valence-electron chi connectivity index (χ3n) is 7.83. The van der Waals surface area contributed by atoms with Crippen molar-refractivity contribution in [2.75, 3.05) is 20.2 Å².